The zero-order chi connectivity index (χ0) is 15.5. The van der Waals surface area contributed by atoms with Gasteiger partial charge in [0.1, 0.15) is 6.33 Å². The van der Waals surface area contributed by atoms with E-state index in [1.165, 1.54) is 25.4 Å². The van der Waals surface area contributed by atoms with Crippen molar-refractivity contribution in [2.75, 3.05) is 0 Å². The number of benzene rings is 1. The number of amides is 1. The maximum Gasteiger partial charge on any atom is 0.416 e. The molecule has 0 spiro atoms. The number of carbonyl (C=O) groups excluding carboxylic acids is 1. The predicted octanol–water partition coefficient (Wildman–Crippen LogP) is 2.80. The Balaban J connectivity index is 2.22. The fraction of sp³-hybridized carbons (Fsp3) is 0.214. The van der Waals surface area contributed by atoms with Crippen LogP contribution in [-0.4, -0.2) is 15.9 Å². The molecule has 0 fully saturated rings. The first-order valence-electron chi connectivity index (χ1n) is 6.09. The summed E-state index contributed by atoms with van der Waals surface area (Å²) in [7, 11) is 0. The molecule has 2 aromatic rings. The second-order valence-electron chi connectivity index (χ2n) is 4.38. The molecule has 0 bridgehead atoms. The number of carbonyl (C=O) groups is 1. The van der Waals surface area contributed by atoms with Gasteiger partial charge in [-0.1, -0.05) is 12.1 Å². The molecule has 0 unspecified atom stereocenters. The van der Waals surface area contributed by atoms with Crippen molar-refractivity contribution in [2.24, 2.45) is 0 Å². The molecule has 0 aliphatic rings. The highest BCUT2D eigenvalue weighted by molar-refractivity contribution is 5.72. The van der Waals surface area contributed by atoms with Gasteiger partial charge in [0, 0.05) is 12.5 Å². The third-order valence-electron chi connectivity index (χ3n) is 2.75. The molecule has 2 rings (SSSR count). The summed E-state index contributed by atoms with van der Waals surface area (Å²) in [5.41, 5.74) is 0.919. The van der Waals surface area contributed by atoms with E-state index in [1.807, 2.05) is 0 Å². The number of nitrogens with zero attached hydrogens (tertiary/aromatic N) is 2. The van der Waals surface area contributed by atoms with Gasteiger partial charge in [-0.15, -0.1) is 0 Å². The Morgan fingerprint density at radius 3 is 2.43 bits per heavy atom. The number of nitrogens with one attached hydrogen (secondary N) is 1. The minimum atomic E-state index is -4.36. The molecule has 0 saturated heterocycles. The van der Waals surface area contributed by atoms with Gasteiger partial charge in [0.05, 0.1) is 23.5 Å². The van der Waals surface area contributed by atoms with Gasteiger partial charge in [-0.05, 0) is 18.2 Å². The maximum atomic E-state index is 12.5. The highest BCUT2D eigenvalue weighted by Gasteiger charge is 2.29. The van der Waals surface area contributed by atoms with E-state index < -0.39 is 11.7 Å². The number of hydrogen-bond acceptors (Lipinski definition) is 3. The van der Waals surface area contributed by atoms with Crippen LogP contribution in [0.15, 0.2) is 36.7 Å². The molecule has 1 N–H and O–H groups in total. The van der Waals surface area contributed by atoms with E-state index in [2.05, 4.69) is 15.3 Å². The minimum Gasteiger partial charge on any atom is -0.351 e. The standard InChI is InChI=1S/C14H12F3N3O/c1-9(21)18-7-12-6-13(20-8-19-12)10-2-4-11(5-3-10)14(15,16)17/h2-6,8H,7H2,1H3,(H,18,21). The smallest absolute Gasteiger partial charge is 0.351 e. The van der Waals surface area contributed by atoms with Gasteiger partial charge in [0.15, 0.2) is 0 Å². The Hall–Kier alpha value is -2.44. The zero-order valence-corrected chi connectivity index (χ0v) is 11.1. The summed E-state index contributed by atoms with van der Waals surface area (Å²) >= 11 is 0. The molecule has 0 aliphatic heterocycles. The first kappa shape index (κ1) is 15.0. The Kier molecular flexibility index (Phi) is 4.21. The first-order chi connectivity index (χ1) is 9.86. The molecule has 7 heteroatoms. The molecule has 1 aromatic heterocycles. The highest BCUT2D eigenvalue weighted by atomic mass is 19.4. The summed E-state index contributed by atoms with van der Waals surface area (Å²) in [5, 5.41) is 2.59. The largest absolute Gasteiger partial charge is 0.416 e. The van der Waals surface area contributed by atoms with Crippen molar-refractivity contribution in [1.29, 1.82) is 0 Å². The molecule has 1 heterocycles. The molecular formula is C14H12F3N3O. The average molecular weight is 295 g/mol. The number of alkyl halides is 3. The number of rotatable bonds is 3. The van der Waals surface area contributed by atoms with Crippen molar-refractivity contribution < 1.29 is 18.0 Å². The van der Waals surface area contributed by atoms with Crippen molar-refractivity contribution in [2.45, 2.75) is 19.6 Å². The van der Waals surface area contributed by atoms with Crippen LogP contribution < -0.4 is 5.32 Å². The van der Waals surface area contributed by atoms with Crippen LogP contribution in [0, 0.1) is 0 Å². The number of halogens is 3. The summed E-state index contributed by atoms with van der Waals surface area (Å²) in [4.78, 5) is 18.9. The van der Waals surface area contributed by atoms with Gasteiger partial charge in [-0.25, -0.2) is 9.97 Å². The maximum absolute atomic E-state index is 12.5. The molecule has 110 valence electrons. The van der Waals surface area contributed by atoms with Crippen LogP contribution in [0.4, 0.5) is 13.2 Å². The first-order valence-corrected chi connectivity index (χ1v) is 6.09. The molecule has 0 atom stereocenters. The van der Waals surface area contributed by atoms with Gasteiger partial charge < -0.3 is 5.32 Å². The summed E-state index contributed by atoms with van der Waals surface area (Å²) < 4.78 is 37.5. The van der Waals surface area contributed by atoms with E-state index in [9.17, 15) is 18.0 Å². The third-order valence-corrected chi connectivity index (χ3v) is 2.75. The fourth-order valence-corrected chi connectivity index (χ4v) is 1.70. The van der Waals surface area contributed by atoms with Crippen LogP contribution in [0.5, 0.6) is 0 Å². The van der Waals surface area contributed by atoms with Gasteiger partial charge in [0.25, 0.3) is 0 Å². The number of aromatic nitrogens is 2. The highest BCUT2D eigenvalue weighted by Crippen LogP contribution is 2.30. The average Bonchev–Trinajstić information content (AvgIpc) is 2.45. The SMILES string of the molecule is CC(=O)NCc1cc(-c2ccc(C(F)(F)F)cc2)ncn1. The zero-order valence-electron chi connectivity index (χ0n) is 11.1. The monoisotopic (exact) mass is 295 g/mol. The Morgan fingerprint density at radius 1 is 1.19 bits per heavy atom. The topological polar surface area (TPSA) is 54.9 Å². The van der Waals surface area contributed by atoms with E-state index in [0.717, 1.165) is 12.1 Å². The van der Waals surface area contributed by atoms with E-state index in [1.54, 1.807) is 6.07 Å². The quantitative estimate of drug-likeness (QED) is 0.947. The Labute approximate surface area is 119 Å². The normalized spacial score (nSPS) is 11.2. The van der Waals surface area contributed by atoms with E-state index in [0.29, 0.717) is 17.0 Å². The molecule has 1 aromatic carbocycles. The van der Waals surface area contributed by atoms with Gasteiger partial charge in [0.2, 0.25) is 5.91 Å². The molecule has 0 aliphatic carbocycles. The van der Waals surface area contributed by atoms with E-state index in [4.69, 9.17) is 0 Å². The van der Waals surface area contributed by atoms with Crippen LogP contribution in [0.1, 0.15) is 18.2 Å². The summed E-state index contributed by atoms with van der Waals surface area (Å²) in [6.45, 7) is 1.63. The summed E-state index contributed by atoms with van der Waals surface area (Å²) in [6.07, 6.45) is -3.05. The van der Waals surface area contributed by atoms with Crippen molar-refractivity contribution in [3.63, 3.8) is 0 Å². The second-order valence-corrected chi connectivity index (χ2v) is 4.38. The predicted molar refractivity (Wildman–Crippen MR) is 70.0 cm³/mol. The van der Waals surface area contributed by atoms with Crippen LogP contribution in [0.25, 0.3) is 11.3 Å². The molecule has 0 radical (unpaired) electrons. The fourth-order valence-electron chi connectivity index (χ4n) is 1.70. The lowest BCUT2D eigenvalue weighted by Crippen LogP contribution is -2.19. The summed E-state index contributed by atoms with van der Waals surface area (Å²) in [5.74, 6) is -0.190. The Bertz CT molecular complexity index is 639. The second kappa shape index (κ2) is 5.90. The Morgan fingerprint density at radius 2 is 1.86 bits per heavy atom. The van der Waals surface area contributed by atoms with E-state index in [-0.39, 0.29) is 12.5 Å². The molecule has 21 heavy (non-hydrogen) atoms. The van der Waals surface area contributed by atoms with Crippen LogP contribution in [0.3, 0.4) is 0 Å². The van der Waals surface area contributed by atoms with Crippen LogP contribution >= 0.6 is 0 Å². The van der Waals surface area contributed by atoms with Crippen molar-refractivity contribution >= 4 is 5.91 Å². The molecule has 4 nitrogen and oxygen atoms in total. The van der Waals surface area contributed by atoms with Crippen LogP contribution in [-0.2, 0) is 17.5 Å². The van der Waals surface area contributed by atoms with Crippen molar-refractivity contribution in [3.8, 4) is 11.3 Å². The molecule has 0 saturated carbocycles. The molecular weight excluding hydrogens is 283 g/mol. The lowest BCUT2D eigenvalue weighted by molar-refractivity contribution is -0.137. The lowest BCUT2D eigenvalue weighted by Gasteiger charge is -2.08. The molecule has 1 amide bonds. The van der Waals surface area contributed by atoms with Gasteiger partial charge >= 0.3 is 6.18 Å². The van der Waals surface area contributed by atoms with Crippen molar-refractivity contribution in [1.82, 2.24) is 15.3 Å². The van der Waals surface area contributed by atoms with Gasteiger partial charge in [-0.3, -0.25) is 4.79 Å². The van der Waals surface area contributed by atoms with E-state index >= 15 is 0 Å². The van der Waals surface area contributed by atoms with Gasteiger partial charge in [-0.2, -0.15) is 13.2 Å². The summed E-state index contributed by atoms with van der Waals surface area (Å²) in [6, 6.07) is 6.34. The number of hydrogen-bond donors (Lipinski definition) is 1. The third kappa shape index (κ3) is 4.01. The van der Waals surface area contributed by atoms with Crippen LogP contribution in [0.2, 0.25) is 0 Å². The minimum absolute atomic E-state index is 0.190. The van der Waals surface area contributed by atoms with Crippen molar-refractivity contribution in [3.05, 3.63) is 47.9 Å². The lowest BCUT2D eigenvalue weighted by atomic mass is 10.1.